The molecule has 1 aromatic carbocycles. The van der Waals surface area contributed by atoms with Gasteiger partial charge in [0.25, 0.3) is 0 Å². The zero-order chi connectivity index (χ0) is 13.0. The maximum absolute atomic E-state index is 5.89. The molecule has 1 aromatic heterocycles. The summed E-state index contributed by atoms with van der Waals surface area (Å²) in [7, 11) is 0. The molecule has 1 heterocycles. The average molecular weight is 283 g/mol. The number of ether oxygens (including phenoxy) is 1. The highest BCUT2D eigenvalue weighted by Crippen LogP contribution is 2.22. The summed E-state index contributed by atoms with van der Waals surface area (Å²) >= 11 is 7.53. The van der Waals surface area contributed by atoms with Gasteiger partial charge in [-0.05, 0) is 30.7 Å². The quantitative estimate of drug-likeness (QED) is 0.916. The maximum Gasteiger partial charge on any atom is 0.122 e. The zero-order valence-corrected chi connectivity index (χ0v) is 11.7. The Labute approximate surface area is 116 Å². The van der Waals surface area contributed by atoms with E-state index in [0.29, 0.717) is 13.2 Å². The highest BCUT2D eigenvalue weighted by Gasteiger charge is 2.03. The normalized spacial score (nSPS) is 10.6. The molecule has 0 fully saturated rings. The lowest BCUT2D eigenvalue weighted by molar-refractivity contribution is 0.319. The van der Waals surface area contributed by atoms with Crippen LogP contribution in [-0.4, -0.2) is 11.6 Å². The Morgan fingerprint density at radius 2 is 2.28 bits per heavy atom. The highest BCUT2D eigenvalue weighted by atomic mass is 35.5. The first-order valence-corrected chi connectivity index (χ1v) is 6.91. The fourth-order valence-corrected chi connectivity index (χ4v) is 2.59. The van der Waals surface area contributed by atoms with Crippen LogP contribution in [-0.2, 0) is 13.0 Å². The predicted molar refractivity (Wildman–Crippen MR) is 75.4 cm³/mol. The molecule has 5 heteroatoms. The van der Waals surface area contributed by atoms with Crippen molar-refractivity contribution >= 4 is 22.9 Å². The molecule has 2 aromatic rings. The smallest absolute Gasteiger partial charge is 0.122 e. The topological polar surface area (TPSA) is 48.1 Å². The number of hydrogen-bond donors (Lipinski definition) is 1. The molecule has 0 aliphatic rings. The van der Waals surface area contributed by atoms with Crippen LogP contribution in [0.4, 0.5) is 0 Å². The number of aryl methyl sites for hydroxylation is 1. The van der Waals surface area contributed by atoms with Gasteiger partial charge in [0.1, 0.15) is 5.75 Å². The summed E-state index contributed by atoms with van der Waals surface area (Å²) in [4.78, 5) is 5.40. The molecule has 96 valence electrons. The van der Waals surface area contributed by atoms with Crippen molar-refractivity contribution in [3.05, 3.63) is 44.9 Å². The van der Waals surface area contributed by atoms with E-state index in [2.05, 4.69) is 4.98 Å². The first-order valence-electron chi connectivity index (χ1n) is 5.71. The number of aromatic nitrogens is 1. The predicted octanol–water partition coefficient (Wildman–Crippen LogP) is 3.19. The Hall–Kier alpha value is -1.10. The van der Waals surface area contributed by atoms with Crippen LogP contribution < -0.4 is 10.5 Å². The molecule has 0 saturated heterocycles. The molecule has 0 unspecified atom stereocenters. The number of nitrogens with two attached hydrogens (primary N) is 1. The van der Waals surface area contributed by atoms with Crippen molar-refractivity contribution in [1.29, 1.82) is 0 Å². The lowest BCUT2D eigenvalue weighted by atomic mass is 10.2. The third-order valence-electron chi connectivity index (χ3n) is 2.51. The van der Waals surface area contributed by atoms with Crippen molar-refractivity contribution in [3.8, 4) is 5.75 Å². The minimum Gasteiger partial charge on any atom is -0.493 e. The van der Waals surface area contributed by atoms with Crippen LogP contribution in [0.2, 0.25) is 5.02 Å². The van der Waals surface area contributed by atoms with Gasteiger partial charge in [0.05, 0.1) is 11.6 Å². The summed E-state index contributed by atoms with van der Waals surface area (Å²) in [6.07, 6.45) is 2.63. The summed E-state index contributed by atoms with van der Waals surface area (Å²) in [5.74, 6) is 0.870. The Bertz CT molecular complexity index is 527. The molecule has 3 nitrogen and oxygen atoms in total. The van der Waals surface area contributed by atoms with Crippen LogP contribution in [0.15, 0.2) is 24.4 Å². The van der Waals surface area contributed by atoms with Gasteiger partial charge in [-0.1, -0.05) is 11.6 Å². The lowest BCUT2D eigenvalue weighted by Crippen LogP contribution is -2.02. The van der Waals surface area contributed by atoms with Crippen LogP contribution in [0.25, 0.3) is 0 Å². The van der Waals surface area contributed by atoms with Gasteiger partial charge in [0.15, 0.2) is 0 Å². The van der Waals surface area contributed by atoms with Crippen molar-refractivity contribution < 1.29 is 4.74 Å². The lowest BCUT2D eigenvalue weighted by Gasteiger charge is -2.08. The molecule has 0 atom stereocenters. The minimum atomic E-state index is 0.550. The van der Waals surface area contributed by atoms with E-state index in [1.54, 1.807) is 11.3 Å². The number of hydrogen-bond acceptors (Lipinski definition) is 4. The largest absolute Gasteiger partial charge is 0.493 e. The van der Waals surface area contributed by atoms with E-state index in [9.17, 15) is 0 Å². The fourth-order valence-electron chi connectivity index (χ4n) is 1.58. The molecular formula is C13H15ClN2OS. The third-order valence-corrected chi connectivity index (χ3v) is 3.83. The molecule has 0 radical (unpaired) electrons. The van der Waals surface area contributed by atoms with Crippen molar-refractivity contribution in [1.82, 2.24) is 4.98 Å². The van der Waals surface area contributed by atoms with Crippen molar-refractivity contribution in [3.63, 3.8) is 0 Å². The van der Waals surface area contributed by atoms with E-state index < -0.39 is 0 Å². The number of benzene rings is 1. The fraction of sp³-hybridized carbons (Fsp3) is 0.308. The Balaban J connectivity index is 1.88. The van der Waals surface area contributed by atoms with Crippen LogP contribution in [0.3, 0.4) is 0 Å². The van der Waals surface area contributed by atoms with Gasteiger partial charge < -0.3 is 10.5 Å². The van der Waals surface area contributed by atoms with Crippen LogP contribution in [0.1, 0.15) is 15.4 Å². The molecule has 0 amide bonds. The number of rotatable bonds is 5. The number of thiazole rings is 1. The first kappa shape index (κ1) is 13.3. The van der Waals surface area contributed by atoms with Crippen molar-refractivity contribution in [2.75, 3.05) is 6.61 Å². The molecule has 18 heavy (non-hydrogen) atoms. The van der Waals surface area contributed by atoms with Gasteiger partial charge in [0, 0.05) is 29.1 Å². The molecule has 2 N–H and O–H groups in total. The van der Waals surface area contributed by atoms with Gasteiger partial charge in [-0.2, -0.15) is 0 Å². The van der Waals surface area contributed by atoms with E-state index in [1.807, 2.05) is 31.3 Å². The van der Waals surface area contributed by atoms with E-state index in [1.165, 1.54) is 0 Å². The maximum atomic E-state index is 5.89. The van der Waals surface area contributed by atoms with E-state index in [-0.39, 0.29) is 0 Å². The van der Waals surface area contributed by atoms with E-state index >= 15 is 0 Å². The average Bonchev–Trinajstić information content (AvgIpc) is 2.80. The summed E-state index contributed by atoms with van der Waals surface area (Å²) in [5.41, 5.74) is 6.59. The number of halogens is 1. The van der Waals surface area contributed by atoms with E-state index in [0.717, 1.165) is 32.6 Å². The second-order valence-corrected chi connectivity index (χ2v) is 5.57. The summed E-state index contributed by atoms with van der Waals surface area (Å²) in [5, 5.41) is 1.79. The molecule has 0 aliphatic carbocycles. The van der Waals surface area contributed by atoms with Gasteiger partial charge in [0.2, 0.25) is 0 Å². The van der Waals surface area contributed by atoms with Gasteiger partial charge in [-0.3, -0.25) is 0 Å². The van der Waals surface area contributed by atoms with Crippen LogP contribution in [0, 0.1) is 6.92 Å². The Morgan fingerprint density at radius 3 is 2.94 bits per heavy atom. The van der Waals surface area contributed by atoms with Crippen molar-refractivity contribution in [2.24, 2.45) is 5.73 Å². The minimum absolute atomic E-state index is 0.550. The summed E-state index contributed by atoms with van der Waals surface area (Å²) < 4.78 is 5.72. The Morgan fingerprint density at radius 1 is 1.44 bits per heavy atom. The first-order chi connectivity index (χ1) is 8.69. The van der Waals surface area contributed by atoms with Gasteiger partial charge in [-0.15, -0.1) is 11.3 Å². The molecular weight excluding hydrogens is 268 g/mol. The SMILES string of the molecule is Cc1cc(Cl)ccc1OCCc1ncc(CN)s1. The second-order valence-electron chi connectivity index (χ2n) is 3.93. The van der Waals surface area contributed by atoms with Gasteiger partial charge in [-0.25, -0.2) is 4.98 Å². The zero-order valence-electron chi connectivity index (χ0n) is 10.1. The standard InChI is InChI=1S/C13H15ClN2OS/c1-9-6-10(14)2-3-12(9)17-5-4-13-16-8-11(7-15)18-13/h2-3,6,8H,4-5,7,15H2,1H3. The highest BCUT2D eigenvalue weighted by molar-refractivity contribution is 7.11. The molecule has 0 spiro atoms. The van der Waals surface area contributed by atoms with Crippen molar-refractivity contribution in [2.45, 2.75) is 19.9 Å². The monoisotopic (exact) mass is 282 g/mol. The molecule has 0 bridgehead atoms. The van der Waals surface area contributed by atoms with Crippen LogP contribution in [0.5, 0.6) is 5.75 Å². The van der Waals surface area contributed by atoms with E-state index in [4.69, 9.17) is 22.1 Å². The molecule has 0 saturated carbocycles. The summed E-state index contributed by atoms with van der Waals surface area (Å²) in [6, 6.07) is 5.62. The number of nitrogens with zero attached hydrogens (tertiary/aromatic N) is 1. The Kier molecular flexibility index (Phi) is 4.58. The third kappa shape index (κ3) is 3.45. The molecule has 2 rings (SSSR count). The molecule has 0 aliphatic heterocycles. The van der Waals surface area contributed by atoms with Gasteiger partial charge >= 0.3 is 0 Å². The summed E-state index contributed by atoms with van der Waals surface area (Å²) in [6.45, 7) is 3.14. The van der Waals surface area contributed by atoms with Crippen LogP contribution >= 0.6 is 22.9 Å². The second kappa shape index (κ2) is 6.18.